The van der Waals surface area contributed by atoms with Crippen LogP contribution in [0.3, 0.4) is 0 Å². The summed E-state index contributed by atoms with van der Waals surface area (Å²) in [6.45, 7) is 2.53. The summed E-state index contributed by atoms with van der Waals surface area (Å²) >= 11 is 0. The number of aliphatic hydroxyl groups excluding tert-OH is 1. The maximum atomic E-state index is 12.2. The number of aliphatic hydroxyl groups is 1. The Morgan fingerprint density at radius 2 is 2.00 bits per heavy atom. The first-order valence-corrected chi connectivity index (χ1v) is 6.02. The summed E-state index contributed by atoms with van der Waals surface area (Å²) in [5.41, 5.74) is 0.693. The van der Waals surface area contributed by atoms with E-state index < -0.39 is 6.10 Å². The lowest BCUT2D eigenvalue weighted by Crippen LogP contribution is -2.41. The van der Waals surface area contributed by atoms with Crippen molar-refractivity contribution >= 4 is 5.78 Å². The largest absolute Gasteiger partial charge is 0.389 e. The van der Waals surface area contributed by atoms with Crippen LogP contribution in [0.25, 0.3) is 0 Å². The van der Waals surface area contributed by atoms with Gasteiger partial charge in [-0.25, -0.2) is 0 Å². The Kier molecular flexibility index (Phi) is 5.98. The summed E-state index contributed by atoms with van der Waals surface area (Å²) < 4.78 is 4.87. The highest BCUT2D eigenvalue weighted by Gasteiger charge is 2.21. The van der Waals surface area contributed by atoms with Gasteiger partial charge in [0, 0.05) is 19.2 Å². The van der Waals surface area contributed by atoms with E-state index >= 15 is 0 Å². The van der Waals surface area contributed by atoms with Crippen molar-refractivity contribution < 1.29 is 14.6 Å². The van der Waals surface area contributed by atoms with Crippen molar-refractivity contribution in [2.45, 2.75) is 19.1 Å². The Hall–Kier alpha value is -1.23. The number of hydrogen-bond acceptors (Lipinski definition) is 4. The van der Waals surface area contributed by atoms with Crippen molar-refractivity contribution in [3.63, 3.8) is 0 Å². The first-order chi connectivity index (χ1) is 8.56. The van der Waals surface area contributed by atoms with E-state index in [4.69, 9.17) is 4.74 Å². The molecule has 0 radical (unpaired) electrons. The van der Waals surface area contributed by atoms with Gasteiger partial charge in [-0.15, -0.1) is 0 Å². The highest BCUT2D eigenvalue weighted by atomic mass is 16.5. The smallest absolute Gasteiger partial charge is 0.179 e. The van der Waals surface area contributed by atoms with E-state index in [0.717, 1.165) is 0 Å². The molecule has 0 saturated carbocycles. The standard InChI is InChI=1S/C14H21NO3/c1-11(15(2)9-13(16)10-18-3)14(17)12-7-5-4-6-8-12/h4-8,11,13,16H,9-10H2,1-3H3. The van der Waals surface area contributed by atoms with Crippen LogP contribution in [0, 0.1) is 0 Å². The molecule has 1 rings (SSSR count). The van der Waals surface area contributed by atoms with E-state index in [0.29, 0.717) is 12.1 Å². The van der Waals surface area contributed by atoms with Crippen LogP contribution in [0.4, 0.5) is 0 Å². The zero-order valence-electron chi connectivity index (χ0n) is 11.2. The summed E-state index contributed by atoms with van der Waals surface area (Å²) in [5.74, 6) is 0.0581. The van der Waals surface area contributed by atoms with Gasteiger partial charge in [0.1, 0.15) is 0 Å². The molecule has 18 heavy (non-hydrogen) atoms. The van der Waals surface area contributed by atoms with E-state index in [1.54, 1.807) is 19.2 Å². The van der Waals surface area contributed by atoms with E-state index in [2.05, 4.69) is 0 Å². The summed E-state index contributed by atoms with van der Waals surface area (Å²) in [6, 6.07) is 8.92. The summed E-state index contributed by atoms with van der Waals surface area (Å²) in [6.07, 6.45) is -0.578. The van der Waals surface area contributed by atoms with Crippen LogP contribution in [-0.4, -0.2) is 55.2 Å². The molecule has 0 spiro atoms. The number of Topliss-reactive ketones (excluding diaryl/α,β-unsaturated/α-hetero) is 1. The number of ether oxygens (including phenoxy) is 1. The number of methoxy groups -OCH3 is 1. The van der Waals surface area contributed by atoms with E-state index in [1.807, 2.05) is 37.1 Å². The third kappa shape index (κ3) is 4.22. The van der Waals surface area contributed by atoms with Crippen molar-refractivity contribution in [2.24, 2.45) is 0 Å². The lowest BCUT2D eigenvalue weighted by molar-refractivity contribution is 0.0351. The molecular weight excluding hydrogens is 230 g/mol. The quantitative estimate of drug-likeness (QED) is 0.740. The van der Waals surface area contributed by atoms with Gasteiger partial charge in [-0.1, -0.05) is 30.3 Å². The predicted molar refractivity (Wildman–Crippen MR) is 70.7 cm³/mol. The molecule has 4 nitrogen and oxygen atoms in total. The molecule has 0 fully saturated rings. The number of ketones is 1. The molecule has 4 heteroatoms. The Bertz CT molecular complexity index is 367. The van der Waals surface area contributed by atoms with Crippen molar-refractivity contribution in [2.75, 3.05) is 27.3 Å². The minimum absolute atomic E-state index is 0.0581. The highest BCUT2D eigenvalue weighted by Crippen LogP contribution is 2.08. The average Bonchev–Trinajstić information content (AvgIpc) is 2.38. The average molecular weight is 251 g/mol. The Balaban J connectivity index is 2.58. The molecule has 0 amide bonds. The Labute approximate surface area is 108 Å². The predicted octanol–water partition coefficient (Wildman–Crippen LogP) is 1.20. The molecule has 0 aromatic heterocycles. The molecular formula is C14H21NO3. The zero-order chi connectivity index (χ0) is 13.5. The molecule has 1 N–H and O–H groups in total. The molecule has 1 aromatic carbocycles. The topological polar surface area (TPSA) is 49.8 Å². The van der Waals surface area contributed by atoms with Crippen LogP contribution in [-0.2, 0) is 4.74 Å². The minimum Gasteiger partial charge on any atom is -0.389 e. The number of carbonyl (C=O) groups is 1. The van der Waals surface area contributed by atoms with Gasteiger partial charge in [-0.2, -0.15) is 0 Å². The first-order valence-electron chi connectivity index (χ1n) is 6.02. The third-order valence-corrected chi connectivity index (χ3v) is 2.96. The van der Waals surface area contributed by atoms with Crippen LogP contribution in [0.15, 0.2) is 30.3 Å². The fourth-order valence-electron chi connectivity index (χ4n) is 1.78. The number of nitrogens with zero attached hydrogens (tertiary/aromatic N) is 1. The summed E-state index contributed by atoms with van der Waals surface area (Å²) in [4.78, 5) is 14.0. The SMILES string of the molecule is COCC(O)CN(C)C(C)C(=O)c1ccccc1. The fraction of sp³-hybridized carbons (Fsp3) is 0.500. The minimum atomic E-state index is -0.578. The number of benzene rings is 1. The third-order valence-electron chi connectivity index (χ3n) is 2.96. The summed E-state index contributed by atoms with van der Waals surface area (Å²) in [7, 11) is 3.37. The molecule has 2 atom stereocenters. The highest BCUT2D eigenvalue weighted by molar-refractivity contribution is 5.99. The van der Waals surface area contributed by atoms with Crippen LogP contribution in [0.1, 0.15) is 17.3 Å². The van der Waals surface area contributed by atoms with Crippen LogP contribution >= 0.6 is 0 Å². The maximum absolute atomic E-state index is 12.2. The molecule has 0 aliphatic rings. The molecule has 0 saturated heterocycles. The van der Waals surface area contributed by atoms with Gasteiger partial charge in [0.15, 0.2) is 5.78 Å². The van der Waals surface area contributed by atoms with Gasteiger partial charge >= 0.3 is 0 Å². The van der Waals surface area contributed by atoms with Crippen molar-refractivity contribution in [1.29, 1.82) is 0 Å². The summed E-state index contributed by atoms with van der Waals surface area (Å²) in [5, 5.41) is 9.64. The second-order valence-electron chi connectivity index (χ2n) is 4.45. The van der Waals surface area contributed by atoms with Crippen LogP contribution in [0.2, 0.25) is 0 Å². The van der Waals surface area contributed by atoms with Crippen LogP contribution in [0.5, 0.6) is 0 Å². The van der Waals surface area contributed by atoms with Gasteiger partial charge in [-0.05, 0) is 14.0 Å². The van der Waals surface area contributed by atoms with Gasteiger partial charge in [0.25, 0.3) is 0 Å². The normalized spacial score (nSPS) is 14.5. The maximum Gasteiger partial charge on any atom is 0.179 e. The van der Waals surface area contributed by atoms with Crippen molar-refractivity contribution in [3.05, 3.63) is 35.9 Å². The van der Waals surface area contributed by atoms with Crippen molar-refractivity contribution in [1.82, 2.24) is 4.90 Å². The van der Waals surface area contributed by atoms with Gasteiger partial charge in [0.05, 0.1) is 18.8 Å². The lowest BCUT2D eigenvalue weighted by atomic mass is 10.0. The Morgan fingerprint density at radius 3 is 2.56 bits per heavy atom. The monoisotopic (exact) mass is 251 g/mol. The number of hydrogen-bond donors (Lipinski definition) is 1. The molecule has 100 valence electrons. The van der Waals surface area contributed by atoms with Crippen molar-refractivity contribution in [3.8, 4) is 0 Å². The van der Waals surface area contributed by atoms with Gasteiger partial charge in [-0.3, -0.25) is 9.69 Å². The van der Waals surface area contributed by atoms with Gasteiger partial charge < -0.3 is 9.84 Å². The number of likely N-dealkylation sites (N-methyl/N-ethyl adjacent to an activating group) is 1. The number of rotatable bonds is 7. The second-order valence-corrected chi connectivity index (χ2v) is 4.45. The first kappa shape index (κ1) is 14.8. The molecule has 0 heterocycles. The fourth-order valence-corrected chi connectivity index (χ4v) is 1.78. The zero-order valence-corrected chi connectivity index (χ0v) is 11.2. The van der Waals surface area contributed by atoms with Crippen LogP contribution < -0.4 is 0 Å². The molecule has 0 bridgehead atoms. The molecule has 0 aliphatic carbocycles. The molecule has 2 unspecified atom stereocenters. The molecule has 0 aliphatic heterocycles. The number of carbonyl (C=O) groups excluding carboxylic acids is 1. The van der Waals surface area contributed by atoms with E-state index in [1.165, 1.54) is 0 Å². The van der Waals surface area contributed by atoms with E-state index in [9.17, 15) is 9.90 Å². The molecule has 1 aromatic rings. The lowest BCUT2D eigenvalue weighted by Gasteiger charge is -2.25. The van der Waals surface area contributed by atoms with Gasteiger partial charge in [0.2, 0.25) is 0 Å². The Morgan fingerprint density at radius 1 is 1.39 bits per heavy atom. The second kappa shape index (κ2) is 7.26. The van der Waals surface area contributed by atoms with E-state index in [-0.39, 0.29) is 18.4 Å².